The predicted octanol–water partition coefficient (Wildman–Crippen LogP) is 2.75. The van der Waals surface area contributed by atoms with Crippen LogP contribution in [0.15, 0.2) is 11.2 Å². The molecule has 1 fully saturated rings. The smallest absolute Gasteiger partial charge is 0.230 e. The summed E-state index contributed by atoms with van der Waals surface area (Å²) in [4.78, 5) is 20.8. The number of nitrogens with zero attached hydrogens (tertiary/aromatic N) is 2. The lowest BCUT2D eigenvalue weighted by molar-refractivity contribution is -0.119. The maximum atomic E-state index is 12.1. The van der Waals surface area contributed by atoms with Gasteiger partial charge >= 0.3 is 0 Å². The van der Waals surface area contributed by atoms with E-state index >= 15 is 0 Å². The molecule has 1 aromatic heterocycles. The van der Waals surface area contributed by atoms with Gasteiger partial charge in [0, 0.05) is 30.5 Å². The molecule has 0 aliphatic carbocycles. The maximum absolute atomic E-state index is 12.1. The van der Waals surface area contributed by atoms with Gasteiger partial charge in [0.15, 0.2) is 5.16 Å². The molecule has 1 aliphatic heterocycles. The molecule has 5 nitrogen and oxygen atoms in total. The lowest BCUT2D eigenvalue weighted by atomic mass is 9.87. The van der Waals surface area contributed by atoms with Crippen LogP contribution in [0, 0.1) is 25.7 Å². The van der Waals surface area contributed by atoms with Gasteiger partial charge < -0.3 is 10.1 Å². The normalized spacial score (nSPS) is 21.4. The zero-order valence-corrected chi connectivity index (χ0v) is 15.3. The number of amides is 1. The zero-order valence-electron chi connectivity index (χ0n) is 14.5. The minimum absolute atomic E-state index is 0.0332. The third kappa shape index (κ3) is 5.77. The first-order valence-corrected chi connectivity index (χ1v) is 9.27. The molecule has 6 heteroatoms. The highest BCUT2D eigenvalue weighted by atomic mass is 32.2. The van der Waals surface area contributed by atoms with Gasteiger partial charge in [-0.1, -0.05) is 25.6 Å². The summed E-state index contributed by atoms with van der Waals surface area (Å²) in [5, 5.41) is 3.71. The van der Waals surface area contributed by atoms with Crippen LogP contribution >= 0.6 is 11.8 Å². The summed E-state index contributed by atoms with van der Waals surface area (Å²) in [6, 6.07) is 1.93. The van der Waals surface area contributed by atoms with Crippen molar-refractivity contribution < 1.29 is 9.53 Å². The van der Waals surface area contributed by atoms with Crippen molar-refractivity contribution in [3.05, 3.63) is 17.5 Å². The van der Waals surface area contributed by atoms with Crippen molar-refractivity contribution in [1.82, 2.24) is 15.3 Å². The molecular weight excluding hydrogens is 310 g/mol. The highest BCUT2D eigenvalue weighted by Gasteiger charge is 2.28. The van der Waals surface area contributed by atoms with Crippen LogP contribution in [0.4, 0.5) is 0 Å². The number of ether oxygens (including phenoxy) is 1. The molecular formula is C17H27N3O2S. The van der Waals surface area contributed by atoms with Crippen molar-refractivity contribution >= 4 is 17.7 Å². The molecule has 0 aromatic carbocycles. The van der Waals surface area contributed by atoms with Crippen LogP contribution in [0.1, 0.15) is 38.1 Å². The van der Waals surface area contributed by atoms with Crippen LogP contribution < -0.4 is 5.32 Å². The van der Waals surface area contributed by atoms with Gasteiger partial charge in [-0.3, -0.25) is 4.79 Å². The second-order valence-corrected chi connectivity index (χ2v) is 7.45. The summed E-state index contributed by atoms with van der Waals surface area (Å²) in [6.45, 7) is 9.77. The number of aryl methyl sites for hydroxylation is 2. The predicted molar refractivity (Wildman–Crippen MR) is 92.5 cm³/mol. The summed E-state index contributed by atoms with van der Waals surface area (Å²) in [6.07, 6.45) is 2.45. The molecule has 2 atom stereocenters. The number of aromatic nitrogens is 2. The molecule has 1 N–H and O–H groups in total. The number of hydrogen-bond donors (Lipinski definition) is 1. The van der Waals surface area contributed by atoms with Crippen LogP contribution in [0.2, 0.25) is 0 Å². The van der Waals surface area contributed by atoms with Crippen molar-refractivity contribution in [1.29, 1.82) is 0 Å². The number of hydrogen-bond acceptors (Lipinski definition) is 5. The SMILES string of the molecule is Cc1cc(C)nc(SCC(=O)NC[C@H]2CCCO[C@@H]2C(C)C)n1. The number of thioether (sulfide) groups is 1. The minimum atomic E-state index is 0.0332. The first kappa shape index (κ1) is 18.2. The molecule has 0 bridgehead atoms. The van der Waals surface area contributed by atoms with Gasteiger partial charge in [-0.2, -0.15) is 0 Å². The standard InChI is InChI=1S/C17H27N3O2S/c1-11(2)16-14(6-5-7-22-16)9-18-15(21)10-23-17-19-12(3)8-13(4)20-17/h8,11,14,16H,5-7,9-10H2,1-4H3,(H,18,21)/t14-,16-/m1/s1. The Morgan fingerprint density at radius 3 is 2.74 bits per heavy atom. The Kier molecular flexibility index (Phi) is 6.84. The molecule has 128 valence electrons. The average molecular weight is 337 g/mol. The second kappa shape index (κ2) is 8.64. The Hall–Kier alpha value is -1.14. The monoisotopic (exact) mass is 337 g/mol. The molecule has 0 spiro atoms. The van der Waals surface area contributed by atoms with Gasteiger partial charge in [0.2, 0.25) is 5.91 Å². The van der Waals surface area contributed by atoms with Gasteiger partial charge in [0.1, 0.15) is 0 Å². The maximum Gasteiger partial charge on any atom is 0.230 e. The molecule has 1 aliphatic rings. The quantitative estimate of drug-likeness (QED) is 0.639. The number of nitrogens with one attached hydrogen (secondary N) is 1. The zero-order chi connectivity index (χ0) is 16.8. The van der Waals surface area contributed by atoms with Gasteiger partial charge in [-0.05, 0) is 38.7 Å². The lowest BCUT2D eigenvalue weighted by Gasteiger charge is -2.34. The summed E-state index contributed by atoms with van der Waals surface area (Å²) < 4.78 is 5.86. The number of carbonyl (C=O) groups is 1. The van der Waals surface area contributed by atoms with Crippen LogP contribution in [0.5, 0.6) is 0 Å². The summed E-state index contributed by atoms with van der Waals surface area (Å²) in [7, 11) is 0. The third-order valence-electron chi connectivity index (χ3n) is 4.01. The second-order valence-electron chi connectivity index (χ2n) is 6.51. The van der Waals surface area contributed by atoms with Crippen molar-refractivity contribution in [3.63, 3.8) is 0 Å². The average Bonchev–Trinajstić information content (AvgIpc) is 2.50. The highest BCUT2D eigenvalue weighted by molar-refractivity contribution is 7.99. The molecule has 1 aromatic rings. The molecule has 1 amide bonds. The highest BCUT2D eigenvalue weighted by Crippen LogP contribution is 2.25. The van der Waals surface area contributed by atoms with Crippen molar-refractivity contribution in [3.8, 4) is 0 Å². The van der Waals surface area contributed by atoms with Crippen LogP contribution in [0.25, 0.3) is 0 Å². The van der Waals surface area contributed by atoms with E-state index in [9.17, 15) is 4.79 Å². The van der Waals surface area contributed by atoms with Gasteiger partial charge in [-0.15, -0.1) is 0 Å². The van der Waals surface area contributed by atoms with E-state index in [4.69, 9.17) is 4.74 Å². The molecule has 0 saturated carbocycles. The summed E-state index contributed by atoms with van der Waals surface area (Å²) in [5.74, 6) is 1.28. The first-order valence-electron chi connectivity index (χ1n) is 8.29. The Morgan fingerprint density at radius 2 is 2.09 bits per heavy atom. The fourth-order valence-corrected chi connectivity index (χ4v) is 3.78. The van der Waals surface area contributed by atoms with Crippen LogP contribution in [-0.2, 0) is 9.53 Å². The topological polar surface area (TPSA) is 64.1 Å². The Morgan fingerprint density at radius 1 is 1.39 bits per heavy atom. The largest absolute Gasteiger partial charge is 0.378 e. The van der Waals surface area contributed by atoms with E-state index in [1.807, 2.05) is 19.9 Å². The minimum Gasteiger partial charge on any atom is -0.378 e. The van der Waals surface area contributed by atoms with Crippen LogP contribution in [-0.4, -0.2) is 40.9 Å². The van der Waals surface area contributed by atoms with Crippen molar-refractivity contribution in [2.45, 2.75) is 51.8 Å². The number of rotatable bonds is 6. The molecule has 2 rings (SSSR count). The summed E-state index contributed by atoms with van der Waals surface area (Å²) >= 11 is 1.39. The number of carbonyl (C=O) groups excluding carboxylic acids is 1. The van der Waals surface area contributed by atoms with E-state index < -0.39 is 0 Å². The molecule has 0 unspecified atom stereocenters. The lowest BCUT2D eigenvalue weighted by Crippen LogP contribution is -2.41. The Bertz CT molecular complexity index is 516. The van der Waals surface area contributed by atoms with Crippen molar-refractivity contribution in [2.24, 2.45) is 11.8 Å². The van der Waals surface area contributed by atoms with E-state index in [1.165, 1.54) is 11.8 Å². The third-order valence-corrected chi connectivity index (χ3v) is 4.85. The summed E-state index contributed by atoms with van der Waals surface area (Å²) in [5.41, 5.74) is 1.86. The van der Waals surface area contributed by atoms with Gasteiger partial charge in [0.05, 0.1) is 11.9 Å². The molecule has 1 saturated heterocycles. The van der Waals surface area contributed by atoms with E-state index in [0.29, 0.717) is 29.3 Å². The van der Waals surface area contributed by atoms with Gasteiger partial charge in [0.25, 0.3) is 0 Å². The Balaban J connectivity index is 1.78. The van der Waals surface area contributed by atoms with E-state index in [2.05, 4.69) is 29.1 Å². The van der Waals surface area contributed by atoms with Gasteiger partial charge in [-0.25, -0.2) is 9.97 Å². The van der Waals surface area contributed by atoms with E-state index in [0.717, 1.165) is 30.8 Å². The molecule has 2 heterocycles. The van der Waals surface area contributed by atoms with E-state index in [-0.39, 0.29) is 12.0 Å². The Labute approximate surface area is 143 Å². The first-order chi connectivity index (χ1) is 11.0. The van der Waals surface area contributed by atoms with E-state index in [1.54, 1.807) is 0 Å². The van der Waals surface area contributed by atoms with Crippen molar-refractivity contribution in [2.75, 3.05) is 18.9 Å². The molecule has 23 heavy (non-hydrogen) atoms. The molecule has 0 radical (unpaired) electrons. The fourth-order valence-electron chi connectivity index (χ4n) is 3.00. The van der Waals surface area contributed by atoms with Crippen LogP contribution in [0.3, 0.4) is 0 Å². The fraction of sp³-hybridized carbons (Fsp3) is 0.706.